The van der Waals surface area contributed by atoms with Crippen molar-refractivity contribution in [2.24, 2.45) is 5.41 Å². The summed E-state index contributed by atoms with van der Waals surface area (Å²) in [6, 6.07) is 8.96. The van der Waals surface area contributed by atoms with Gasteiger partial charge in [0.05, 0.1) is 0 Å². The van der Waals surface area contributed by atoms with Crippen molar-refractivity contribution in [3.8, 4) is 0 Å². The quantitative estimate of drug-likeness (QED) is 0.877. The van der Waals surface area contributed by atoms with E-state index in [0.29, 0.717) is 18.0 Å². The number of aryl methyl sites for hydroxylation is 1. The SMILES string of the molecule is CCCN(Cc1ccc(C)cc1)C(=O)NC1CC12CCNCC2. The van der Waals surface area contributed by atoms with Crippen molar-refractivity contribution in [1.29, 1.82) is 0 Å². The molecule has 1 unspecified atom stereocenters. The van der Waals surface area contributed by atoms with Gasteiger partial charge in [0.15, 0.2) is 0 Å². The molecule has 1 aromatic carbocycles. The van der Waals surface area contributed by atoms with Crippen LogP contribution in [0.1, 0.15) is 43.7 Å². The van der Waals surface area contributed by atoms with E-state index in [1.165, 1.54) is 24.0 Å². The van der Waals surface area contributed by atoms with Crippen LogP contribution in [0, 0.1) is 12.3 Å². The van der Waals surface area contributed by atoms with Crippen LogP contribution in [0.3, 0.4) is 0 Å². The predicted molar refractivity (Wildman–Crippen MR) is 93.4 cm³/mol. The molecule has 4 heteroatoms. The Balaban J connectivity index is 1.57. The fraction of sp³-hybridized carbons (Fsp3) is 0.632. The number of carbonyl (C=O) groups excluding carboxylic acids is 1. The van der Waals surface area contributed by atoms with Gasteiger partial charge in [0.2, 0.25) is 0 Å². The lowest BCUT2D eigenvalue weighted by atomic mass is 9.94. The van der Waals surface area contributed by atoms with Crippen molar-refractivity contribution < 1.29 is 4.79 Å². The van der Waals surface area contributed by atoms with Gasteiger partial charge in [0.25, 0.3) is 0 Å². The largest absolute Gasteiger partial charge is 0.335 e. The van der Waals surface area contributed by atoms with Gasteiger partial charge in [-0.05, 0) is 56.7 Å². The van der Waals surface area contributed by atoms with Gasteiger partial charge in [0.1, 0.15) is 0 Å². The van der Waals surface area contributed by atoms with Crippen LogP contribution < -0.4 is 10.6 Å². The second-order valence-electron chi connectivity index (χ2n) is 7.23. The molecule has 0 aromatic heterocycles. The Morgan fingerprint density at radius 1 is 1.30 bits per heavy atom. The summed E-state index contributed by atoms with van der Waals surface area (Å²) in [4.78, 5) is 14.6. The smallest absolute Gasteiger partial charge is 0.317 e. The van der Waals surface area contributed by atoms with E-state index in [-0.39, 0.29) is 6.03 Å². The number of carbonyl (C=O) groups is 1. The summed E-state index contributed by atoms with van der Waals surface area (Å²) >= 11 is 0. The highest BCUT2D eigenvalue weighted by molar-refractivity contribution is 5.75. The van der Waals surface area contributed by atoms with Crippen molar-refractivity contribution >= 4 is 6.03 Å². The number of nitrogens with zero attached hydrogens (tertiary/aromatic N) is 1. The van der Waals surface area contributed by atoms with Crippen molar-refractivity contribution in [3.63, 3.8) is 0 Å². The first-order chi connectivity index (χ1) is 11.1. The Labute approximate surface area is 139 Å². The third-order valence-electron chi connectivity index (χ3n) is 5.36. The average Bonchev–Trinajstić information content (AvgIpc) is 3.20. The minimum absolute atomic E-state index is 0.104. The summed E-state index contributed by atoms with van der Waals surface area (Å²) < 4.78 is 0. The molecular weight excluding hydrogens is 286 g/mol. The molecule has 1 spiro atoms. The molecule has 0 radical (unpaired) electrons. The van der Waals surface area contributed by atoms with E-state index in [1.54, 1.807) is 0 Å². The van der Waals surface area contributed by atoms with Crippen molar-refractivity contribution in [2.45, 2.75) is 52.1 Å². The van der Waals surface area contributed by atoms with Crippen LogP contribution in [-0.2, 0) is 6.54 Å². The summed E-state index contributed by atoms with van der Waals surface area (Å²) in [5.74, 6) is 0. The van der Waals surface area contributed by atoms with Gasteiger partial charge in [-0.15, -0.1) is 0 Å². The van der Waals surface area contributed by atoms with E-state index in [4.69, 9.17) is 0 Å². The van der Waals surface area contributed by atoms with Gasteiger partial charge in [-0.2, -0.15) is 0 Å². The number of hydrogen-bond donors (Lipinski definition) is 2. The molecule has 126 valence electrons. The van der Waals surface area contributed by atoms with Crippen LogP contribution in [0.4, 0.5) is 4.79 Å². The fourth-order valence-electron chi connectivity index (χ4n) is 3.71. The molecule has 1 aliphatic heterocycles. The number of amides is 2. The summed E-state index contributed by atoms with van der Waals surface area (Å²) in [5, 5.41) is 6.70. The lowest BCUT2D eigenvalue weighted by Crippen LogP contribution is -2.43. The Kier molecular flexibility index (Phi) is 4.90. The van der Waals surface area contributed by atoms with Crippen LogP contribution in [0.25, 0.3) is 0 Å². The molecule has 2 aliphatic rings. The standard InChI is InChI=1S/C19H29N3O/c1-3-12-22(14-16-6-4-15(2)5-7-16)18(23)21-17-13-19(17)8-10-20-11-9-19/h4-7,17,20H,3,8-14H2,1-2H3,(H,21,23). The first kappa shape index (κ1) is 16.3. The number of rotatable bonds is 5. The second kappa shape index (κ2) is 6.91. The maximum Gasteiger partial charge on any atom is 0.317 e. The van der Waals surface area contributed by atoms with Gasteiger partial charge < -0.3 is 15.5 Å². The van der Waals surface area contributed by atoms with Gasteiger partial charge in [-0.1, -0.05) is 36.8 Å². The Hall–Kier alpha value is -1.55. The lowest BCUT2D eigenvalue weighted by molar-refractivity contribution is 0.191. The molecule has 1 aliphatic carbocycles. The van der Waals surface area contributed by atoms with E-state index in [9.17, 15) is 4.79 Å². The summed E-state index contributed by atoms with van der Waals surface area (Å²) in [5.41, 5.74) is 2.85. The zero-order valence-electron chi connectivity index (χ0n) is 14.4. The molecule has 1 saturated carbocycles. The molecular formula is C19H29N3O. The molecule has 0 bridgehead atoms. The lowest BCUT2D eigenvalue weighted by Gasteiger charge is -2.26. The van der Waals surface area contributed by atoms with E-state index in [0.717, 1.165) is 32.5 Å². The molecule has 1 heterocycles. The van der Waals surface area contributed by atoms with Gasteiger partial charge in [-0.25, -0.2) is 4.79 Å². The van der Waals surface area contributed by atoms with E-state index in [1.807, 2.05) is 4.90 Å². The minimum atomic E-state index is 0.104. The fourth-order valence-corrected chi connectivity index (χ4v) is 3.71. The van der Waals surface area contributed by atoms with Crippen LogP contribution in [-0.4, -0.2) is 36.6 Å². The Morgan fingerprint density at radius 2 is 2.00 bits per heavy atom. The molecule has 1 atom stereocenters. The topological polar surface area (TPSA) is 44.4 Å². The number of nitrogens with one attached hydrogen (secondary N) is 2. The first-order valence-corrected chi connectivity index (χ1v) is 8.95. The van der Waals surface area contributed by atoms with Crippen molar-refractivity contribution in [2.75, 3.05) is 19.6 Å². The highest BCUT2D eigenvalue weighted by atomic mass is 16.2. The first-order valence-electron chi connectivity index (χ1n) is 8.95. The van der Waals surface area contributed by atoms with Crippen LogP contribution in [0.2, 0.25) is 0 Å². The molecule has 3 rings (SSSR count). The predicted octanol–water partition coefficient (Wildman–Crippen LogP) is 3.06. The third-order valence-corrected chi connectivity index (χ3v) is 5.36. The summed E-state index contributed by atoms with van der Waals surface area (Å²) in [6.45, 7) is 7.90. The minimum Gasteiger partial charge on any atom is -0.335 e. The van der Waals surface area contributed by atoms with Crippen molar-refractivity contribution in [1.82, 2.24) is 15.5 Å². The molecule has 1 saturated heterocycles. The van der Waals surface area contributed by atoms with Crippen LogP contribution in [0.15, 0.2) is 24.3 Å². The molecule has 4 nitrogen and oxygen atoms in total. The van der Waals surface area contributed by atoms with E-state index in [2.05, 4.69) is 48.7 Å². The van der Waals surface area contributed by atoms with Crippen LogP contribution >= 0.6 is 0 Å². The van der Waals surface area contributed by atoms with E-state index < -0.39 is 0 Å². The maximum atomic E-state index is 12.7. The highest BCUT2D eigenvalue weighted by Gasteiger charge is 2.54. The van der Waals surface area contributed by atoms with Gasteiger partial charge >= 0.3 is 6.03 Å². The monoisotopic (exact) mass is 315 g/mol. The highest BCUT2D eigenvalue weighted by Crippen LogP contribution is 2.52. The molecule has 2 fully saturated rings. The molecule has 2 N–H and O–H groups in total. The molecule has 1 aromatic rings. The number of piperidine rings is 1. The van der Waals surface area contributed by atoms with E-state index >= 15 is 0 Å². The van der Waals surface area contributed by atoms with Crippen molar-refractivity contribution in [3.05, 3.63) is 35.4 Å². The molecule has 23 heavy (non-hydrogen) atoms. The van der Waals surface area contributed by atoms with Crippen LogP contribution in [0.5, 0.6) is 0 Å². The zero-order valence-corrected chi connectivity index (χ0v) is 14.4. The van der Waals surface area contributed by atoms with Gasteiger partial charge in [-0.3, -0.25) is 0 Å². The molecule has 2 amide bonds. The maximum absolute atomic E-state index is 12.7. The number of hydrogen-bond acceptors (Lipinski definition) is 2. The van der Waals surface area contributed by atoms with Gasteiger partial charge in [0, 0.05) is 19.1 Å². The second-order valence-corrected chi connectivity index (χ2v) is 7.23. The average molecular weight is 315 g/mol. The Bertz CT molecular complexity index is 534. The normalized spacial score (nSPS) is 21.9. The summed E-state index contributed by atoms with van der Waals surface area (Å²) in [7, 11) is 0. The summed E-state index contributed by atoms with van der Waals surface area (Å²) in [6.07, 6.45) is 4.54. The number of urea groups is 1. The zero-order chi connectivity index (χ0) is 16.3. The number of benzene rings is 1. The third kappa shape index (κ3) is 3.86. The Morgan fingerprint density at radius 3 is 2.65 bits per heavy atom.